The Morgan fingerprint density at radius 1 is 1.50 bits per heavy atom. The third kappa shape index (κ3) is 2.77. The maximum absolute atomic E-state index is 9.68. The summed E-state index contributed by atoms with van der Waals surface area (Å²) in [6.45, 7) is 3.79. The Morgan fingerprint density at radius 2 is 2.07 bits per heavy atom. The van der Waals surface area contributed by atoms with Gasteiger partial charge in [-0.05, 0) is 31.0 Å². The van der Waals surface area contributed by atoms with Gasteiger partial charge >= 0.3 is 0 Å². The highest BCUT2D eigenvalue weighted by atomic mass is 35.5. The molecule has 80 valence electrons. The average molecular weight is 236 g/mol. The van der Waals surface area contributed by atoms with Crippen molar-refractivity contribution in [3.05, 3.63) is 28.3 Å². The van der Waals surface area contributed by atoms with Gasteiger partial charge in [-0.1, -0.05) is 18.5 Å². The number of aromatic hydroxyl groups is 1. The van der Waals surface area contributed by atoms with Crippen molar-refractivity contribution in [3.63, 3.8) is 0 Å². The number of halogens is 2. The lowest BCUT2D eigenvalue weighted by molar-refractivity contribution is 0.456. The molecule has 0 spiro atoms. The zero-order valence-corrected chi connectivity index (χ0v) is 9.82. The Hall–Kier alpha value is -0.440. The van der Waals surface area contributed by atoms with E-state index in [-0.39, 0.29) is 24.2 Å². The van der Waals surface area contributed by atoms with E-state index in [4.69, 9.17) is 17.3 Å². The van der Waals surface area contributed by atoms with Gasteiger partial charge in [0.25, 0.3) is 0 Å². The summed E-state index contributed by atoms with van der Waals surface area (Å²) >= 11 is 5.86. The van der Waals surface area contributed by atoms with Gasteiger partial charge in [0, 0.05) is 16.6 Å². The van der Waals surface area contributed by atoms with Gasteiger partial charge < -0.3 is 10.8 Å². The Balaban J connectivity index is 0.00000169. The van der Waals surface area contributed by atoms with E-state index in [0.29, 0.717) is 5.02 Å². The molecular formula is C10H15Cl2NO. The summed E-state index contributed by atoms with van der Waals surface area (Å²) in [4.78, 5) is 0. The second-order valence-electron chi connectivity index (χ2n) is 3.18. The van der Waals surface area contributed by atoms with Crippen molar-refractivity contribution in [2.24, 2.45) is 5.73 Å². The van der Waals surface area contributed by atoms with Crippen molar-refractivity contribution in [2.45, 2.75) is 26.3 Å². The van der Waals surface area contributed by atoms with E-state index in [1.165, 1.54) is 0 Å². The first-order valence-electron chi connectivity index (χ1n) is 4.30. The molecule has 0 aliphatic carbocycles. The highest BCUT2D eigenvalue weighted by Gasteiger charge is 2.11. The molecule has 0 aliphatic heterocycles. The minimum Gasteiger partial charge on any atom is -0.507 e. The average Bonchev–Trinajstić information content (AvgIpc) is 2.10. The van der Waals surface area contributed by atoms with E-state index in [1.54, 1.807) is 12.1 Å². The fraction of sp³-hybridized carbons (Fsp3) is 0.400. The molecule has 0 bridgehead atoms. The zero-order chi connectivity index (χ0) is 10.0. The smallest absolute Gasteiger partial charge is 0.123 e. The van der Waals surface area contributed by atoms with Gasteiger partial charge in [0.05, 0.1) is 0 Å². The van der Waals surface area contributed by atoms with Gasteiger partial charge in [0.2, 0.25) is 0 Å². The maximum atomic E-state index is 9.68. The third-order valence-corrected chi connectivity index (χ3v) is 2.35. The van der Waals surface area contributed by atoms with E-state index < -0.39 is 0 Å². The Labute approximate surface area is 95.5 Å². The number of phenols is 1. The number of nitrogens with two attached hydrogens (primary N) is 1. The van der Waals surface area contributed by atoms with E-state index in [9.17, 15) is 5.11 Å². The van der Waals surface area contributed by atoms with Crippen LogP contribution in [0, 0.1) is 6.92 Å². The van der Waals surface area contributed by atoms with Crippen LogP contribution >= 0.6 is 24.0 Å². The zero-order valence-electron chi connectivity index (χ0n) is 8.25. The maximum Gasteiger partial charge on any atom is 0.123 e. The molecule has 0 saturated heterocycles. The molecule has 0 radical (unpaired) electrons. The molecule has 1 atom stereocenters. The number of rotatable bonds is 2. The van der Waals surface area contributed by atoms with E-state index in [2.05, 4.69) is 0 Å². The largest absolute Gasteiger partial charge is 0.507 e. The minimum absolute atomic E-state index is 0. The van der Waals surface area contributed by atoms with Crippen LogP contribution in [0.4, 0.5) is 0 Å². The van der Waals surface area contributed by atoms with Crippen LogP contribution in [-0.2, 0) is 0 Å². The number of phenolic OH excluding ortho intramolecular Hbond substituents is 1. The molecule has 0 saturated carbocycles. The Morgan fingerprint density at radius 3 is 2.57 bits per heavy atom. The lowest BCUT2D eigenvalue weighted by atomic mass is 10.0. The van der Waals surface area contributed by atoms with Crippen LogP contribution in [0.1, 0.15) is 30.5 Å². The summed E-state index contributed by atoms with van der Waals surface area (Å²) in [5.74, 6) is 0.263. The van der Waals surface area contributed by atoms with Crippen molar-refractivity contribution >= 4 is 24.0 Å². The number of benzene rings is 1. The molecule has 3 N–H and O–H groups in total. The minimum atomic E-state index is -0.141. The van der Waals surface area contributed by atoms with Crippen molar-refractivity contribution < 1.29 is 5.11 Å². The third-order valence-electron chi connectivity index (χ3n) is 2.13. The molecule has 14 heavy (non-hydrogen) atoms. The molecule has 1 rings (SSSR count). The Kier molecular flexibility index (Phi) is 5.27. The van der Waals surface area contributed by atoms with Crippen LogP contribution in [0.2, 0.25) is 5.02 Å². The van der Waals surface area contributed by atoms with E-state index in [1.807, 2.05) is 13.8 Å². The molecule has 0 amide bonds. The first-order chi connectivity index (χ1) is 6.06. The fourth-order valence-corrected chi connectivity index (χ4v) is 1.55. The first-order valence-corrected chi connectivity index (χ1v) is 4.68. The fourth-order valence-electron chi connectivity index (χ4n) is 1.26. The topological polar surface area (TPSA) is 46.2 Å². The predicted molar refractivity (Wildman–Crippen MR) is 62.3 cm³/mol. The van der Waals surface area contributed by atoms with Crippen molar-refractivity contribution in [3.8, 4) is 5.75 Å². The van der Waals surface area contributed by atoms with E-state index in [0.717, 1.165) is 17.5 Å². The molecule has 2 nitrogen and oxygen atoms in total. The molecule has 4 heteroatoms. The number of aryl methyl sites for hydroxylation is 1. The van der Waals surface area contributed by atoms with Gasteiger partial charge in [0.1, 0.15) is 5.75 Å². The SMILES string of the molecule is CC[C@H](N)c1cc(Cl)cc(C)c1O.Cl. The number of hydrogen-bond donors (Lipinski definition) is 2. The van der Waals surface area contributed by atoms with Crippen molar-refractivity contribution in [2.75, 3.05) is 0 Å². The van der Waals surface area contributed by atoms with Crippen LogP contribution in [0.3, 0.4) is 0 Å². The molecule has 0 unspecified atom stereocenters. The highest BCUT2D eigenvalue weighted by molar-refractivity contribution is 6.30. The Bertz CT molecular complexity index is 315. The van der Waals surface area contributed by atoms with Crippen LogP contribution in [0.25, 0.3) is 0 Å². The van der Waals surface area contributed by atoms with Gasteiger partial charge in [-0.25, -0.2) is 0 Å². The molecule has 1 aromatic rings. The van der Waals surface area contributed by atoms with Gasteiger partial charge in [-0.15, -0.1) is 12.4 Å². The standard InChI is InChI=1S/C10H14ClNO.ClH/c1-3-9(12)8-5-7(11)4-6(2)10(8)13;/h4-5,9,13H,3,12H2,1-2H3;1H/t9-;/m0./s1. The summed E-state index contributed by atoms with van der Waals surface area (Å²) < 4.78 is 0. The second-order valence-corrected chi connectivity index (χ2v) is 3.61. The summed E-state index contributed by atoms with van der Waals surface area (Å²) in [6.07, 6.45) is 0.785. The van der Waals surface area contributed by atoms with Crippen LogP contribution < -0.4 is 5.73 Å². The molecular weight excluding hydrogens is 221 g/mol. The van der Waals surface area contributed by atoms with Gasteiger partial charge in [-0.2, -0.15) is 0 Å². The molecule has 0 heterocycles. The van der Waals surface area contributed by atoms with E-state index >= 15 is 0 Å². The second kappa shape index (κ2) is 5.44. The summed E-state index contributed by atoms with van der Waals surface area (Å²) in [5, 5.41) is 10.3. The molecule has 0 fully saturated rings. The predicted octanol–water partition coefficient (Wildman–Crippen LogP) is 3.19. The molecule has 1 aromatic carbocycles. The van der Waals surface area contributed by atoms with Crippen molar-refractivity contribution in [1.29, 1.82) is 0 Å². The normalized spacial score (nSPS) is 12.0. The van der Waals surface area contributed by atoms with Crippen LogP contribution in [0.15, 0.2) is 12.1 Å². The summed E-state index contributed by atoms with van der Waals surface area (Å²) in [5.41, 5.74) is 7.31. The lowest BCUT2D eigenvalue weighted by Crippen LogP contribution is -2.09. The van der Waals surface area contributed by atoms with Crippen LogP contribution in [0.5, 0.6) is 5.75 Å². The summed E-state index contributed by atoms with van der Waals surface area (Å²) in [7, 11) is 0. The molecule has 0 aliphatic rings. The van der Waals surface area contributed by atoms with Gasteiger partial charge in [-0.3, -0.25) is 0 Å². The quantitative estimate of drug-likeness (QED) is 0.828. The van der Waals surface area contributed by atoms with Gasteiger partial charge in [0.15, 0.2) is 0 Å². The summed E-state index contributed by atoms with van der Waals surface area (Å²) in [6, 6.07) is 3.30. The first kappa shape index (κ1) is 13.6. The van der Waals surface area contributed by atoms with Crippen LogP contribution in [-0.4, -0.2) is 5.11 Å². The number of hydrogen-bond acceptors (Lipinski definition) is 2. The lowest BCUT2D eigenvalue weighted by Gasteiger charge is -2.13. The highest BCUT2D eigenvalue weighted by Crippen LogP contribution is 2.31. The molecule has 0 aromatic heterocycles. The monoisotopic (exact) mass is 235 g/mol. The van der Waals surface area contributed by atoms with Crippen molar-refractivity contribution in [1.82, 2.24) is 0 Å².